The molecule has 0 atom stereocenters. The Hall–Kier alpha value is -5.24. The first-order valence-electron chi connectivity index (χ1n) is 14.8. The van der Waals surface area contributed by atoms with Gasteiger partial charge in [0.25, 0.3) is 0 Å². The van der Waals surface area contributed by atoms with Gasteiger partial charge >= 0.3 is 0 Å². The zero-order valence-corrected chi connectivity index (χ0v) is 24.2. The summed E-state index contributed by atoms with van der Waals surface area (Å²) < 4.78 is 2.67. The van der Waals surface area contributed by atoms with E-state index < -0.39 is 0 Å². The average molecular weight is 563 g/mol. The van der Waals surface area contributed by atoms with Crippen molar-refractivity contribution in [2.75, 3.05) is 0 Å². The average Bonchev–Trinajstić information content (AvgIpc) is 3.46. The Morgan fingerprint density at radius 2 is 0.860 bits per heavy atom. The third-order valence-corrected chi connectivity index (χ3v) is 10.00. The van der Waals surface area contributed by atoms with Crippen LogP contribution in [0, 0.1) is 0 Å². The molecule has 43 heavy (non-hydrogen) atoms. The van der Waals surface area contributed by atoms with Gasteiger partial charge in [0, 0.05) is 20.2 Å². The normalized spacial score (nSPS) is 11.7. The fourth-order valence-electron chi connectivity index (χ4n) is 6.91. The van der Waals surface area contributed by atoms with Gasteiger partial charge in [0.1, 0.15) is 0 Å². The van der Waals surface area contributed by atoms with Crippen LogP contribution in [0.4, 0.5) is 0 Å². The van der Waals surface area contributed by atoms with Crippen molar-refractivity contribution in [1.82, 2.24) is 0 Å². The zero-order valence-electron chi connectivity index (χ0n) is 23.4. The van der Waals surface area contributed by atoms with Crippen LogP contribution in [0.2, 0.25) is 0 Å². The monoisotopic (exact) mass is 562 g/mol. The van der Waals surface area contributed by atoms with Crippen LogP contribution in [0.3, 0.4) is 0 Å². The van der Waals surface area contributed by atoms with Crippen molar-refractivity contribution in [2.24, 2.45) is 0 Å². The Bertz CT molecular complexity index is 2440. The summed E-state index contributed by atoms with van der Waals surface area (Å²) in [5.74, 6) is 0. The Morgan fingerprint density at radius 1 is 0.326 bits per heavy atom. The first-order valence-corrected chi connectivity index (χ1v) is 15.6. The van der Waals surface area contributed by atoms with Crippen LogP contribution in [-0.4, -0.2) is 0 Å². The lowest BCUT2D eigenvalue weighted by molar-refractivity contribution is 1.63. The maximum Gasteiger partial charge on any atom is 0.0361 e. The van der Waals surface area contributed by atoms with Crippen LogP contribution < -0.4 is 0 Å². The highest BCUT2D eigenvalue weighted by Crippen LogP contribution is 2.47. The van der Waals surface area contributed by atoms with Crippen LogP contribution in [0.25, 0.3) is 85.9 Å². The summed E-state index contributed by atoms with van der Waals surface area (Å²) in [5, 5.41) is 10.4. The van der Waals surface area contributed by atoms with Crippen LogP contribution in [0.15, 0.2) is 158 Å². The lowest BCUT2D eigenvalue weighted by Crippen LogP contribution is -1.91. The first kappa shape index (κ1) is 24.4. The molecule has 0 amide bonds. The summed E-state index contributed by atoms with van der Waals surface area (Å²) in [6, 6.07) is 58.0. The number of hydrogen-bond donors (Lipinski definition) is 0. The van der Waals surface area contributed by atoms with Gasteiger partial charge in [-0.25, -0.2) is 0 Å². The Labute approximate surface area is 254 Å². The predicted octanol–water partition coefficient (Wildman–Crippen LogP) is 12.5. The van der Waals surface area contributed by atoms with Crippen molar-refractivity contribution in [1.29, 1.82) is 0 Å². The Kier molecular flexibility index (Phi) is 5.47. The molecule has 9 rings (SSSR count). The molecular formula is C42H26S. The second-order valence-electron chi connectivity index (χ2n) is 11.3. The largest absolute Gasteiger partial charge is 0.135 e. The second-order valence-corrected chi connectivity index (χ2v) is 12.3. The van der Waals surface area contributed by atoms with Gasteiger partial charge in [0.15, 0.2) is 0 Å². The van der Waals surface area contributed by atoms with Crippen LogP contribution in [-0.2, 0) is 0 Å². The minimum Gasteiger partial charge on any atom is -0.135 e. The standard InChI is InChI=1S/C42H26S/c1-2-11-30-26-31(25-22-27(30)10-1)28-20-23-29(24-21-28)40-32-12-3-5-14-34(32)41(35-15-6-4-13-33(35)40)37-17-9-19-39-42(37)36-16-7-8-18-38(36)43-39/h1-26H. The highest BCUT2D eigenvalue weighted by molar-refractivity contribution is 7.25. The van der Waals surface area contributed by atoms with Gasteiger partial charge in [-0.05, 0) is 83.9 Å². The fourth-order valence-corrected chi connectivity index (χ4v) is 8.04. The third-order valence-electron chi connectivity index (χ3n) is 8.86. The summed E-state index contributed by atoms with van der Waals surface area (Å²) in [7, 11) is 0. The van der Waals surface area contributed by atoms with Crippen molar-refractivity contribution in [3.8, 4) is 33.4 Å². The Balaban J connectivity index is 1.29. The number of thiophene rings is 1. The third kappa shape index (κ3) is 3.82. The van der Waals surface area contributed by atoms with E-state index in [0.29, 0.717) is 0 Å². The molecule has 1 heteroatoms. The summed E-state index contributed by atoms with van der Waals surface area (Å²) in [6.45, 7) is 0. The lowest BCUT2D eigenvalue weighted by atomic mass is 9.84. The van der Waals surface area contributed by atoms with E-state index in [0.717, 1.165) is 0 Å². The smallest absolute Gasteiger partial charge is 0.0361 e. The first-order chi connectivity index (χ1) is 21.3. The van der Waals surface area contributed by atoms with E-state index >= 15 is 0 Å². The molecule has 0 spiro atoms. The molecule has 8 aromatic carbocycles. The van der Waals surface area contributed by atoms with Gasteiger partial charge in [-0.1, -0.05) is 140 Å². The summed E-state index contributed by atoms with van der Waals surface area (Å²) in [4.78, 5) is 0. The van der Waals surface area contributed by atoms with Gasteiger partial charge in [-0.3, -0.25) is 0 Å². The molecule has 0 saturated heterocycles. The molecule has 0 N–H and O–H groups in total. The minimum absolute atomic E-state index is 1.23. The molecule has 0 unspecified atom stereocenters. The number of benzene rings is 8. The van der Waals surface area contributed by atoms with Crippen molar-refractivity contribution < 1.29 is 0 Å². The van der Waals surface area contributed by atoms with Crippen LogP contribution >= 0.6 is 11.3 Å². The molecule has 0 aliphatic rings. The predicted molar refractivity (Wildman–Crippen MR) is 188 cm³/mol. The van der Waals surface area contributed by atoms with Crippen LogP contribution in [0.1, 0.15) is 0 Å². The maximum atomic E-state index is 2.31. The van der Waals surface area contributed by atoms with Gasteiger partial charge < -0.3 is 0 Å². The molecule has 0 saturated carbocycles. The van der Waals surface area contributed by atoms with Crippen molar-refractivity contribution in [2.45, 2.75) is 0 Å². The highest BCUT2D eigenvalue weighted by Gasteiger charge is 2.19. The minimum atomic E-state index is 1.23. The second kappa shape index (κ2) is 9.66. The molecule has 0 aliphatic carbocycles. The number of rotatable bonds is 3. The molecule has 0 bridgehead atoms. The fraction of sp³-hybridized carbons (Fsp3) is 0. The SMILES string of the molecule is c1ccc2cc(-c3ccc(-c4c5ccccc5c(-c5cccc6sc7ccccc7c56)c5ccccc45)cc3)ccc2c1. The van der Waals surface area contributed by atoms with Crippen molar-refractivity contribution >= 4 is 63.8 Å². The molecule has 1 heterocycles. The van der Waals surface area contributed by atoms with Gasteiger partial charge in [0.2, 0.25) is 0 Å². The molecular weight excluding hydrogens is 537 g/mol. The van der Waals surface area contributed by atoms with Gasteiger partial charge in [-0.15, -0.1) is 11.3 Å². The van der Waals surface area contributed by atoms with Gasteiger partial charge in [0.05, 0.1) is 0 Å². The van der Waals surface area contributed by atoms with Crippen molar-refractivity contribution in [3.05, 3.63) is 158 Å². The number of hydrogen-bond acceptors (Lipinski definition) is 1. The van der Waals surface area contributed by atoms with E-state index in [1.807, 2.05) is 11.3 Å². The van der Waals surface area contributed by atoms with E-state index in [9.17, 15) is 0 Å². The van der Waals surface area contributed by atoms with E-state index in [2.05, 4.69) is 158 Å². The quantitative estimate of drug-likeness (QED) is 0.188. The summed E-state index contributed by atoms with van der Waals surface area (Å²) in [5.41, 5.74) is 7.63. The molecule has 0 fully saturated rings. The van der Waals surface area contributed by atoms with Crippen molar-refractivity contribution in [3.63, 3.8) is 0 Å². The summed E-state index contributed by atoms with van der Waals surface area (Å²) in [6.07, 6.45) is 0. The summed E-state index contributed by atoms with van der Waals surface area (Å²) >= 11 is 1.88. The topological polar surface area (TPSA) is 0 Å². The molecule has 0 nitrogen and oxygen atoms in total. The molecule has 0 aliphatic heterocycles. The molecule has 1 aromatic heterocycles. The molecule has 0 radical (unpaired) electrons. The van der Waals surface area contributed by atoms with Gasteiger partial charge in [-0.2, -0.15) is 0 Å². The molecule has 200 valence electrons. The lowest BCUT2D eigenvalue weighted by Gasteiger charge is -2.18. The van der Waals surface area contributed by atoms with E-state index in [1.54, 1.807) is 0 Å². The highest BCUT2D eigenvalue weighted by atomic mass is 32.1. The van der Waals surface area contributed by atoms with E-state index in [1.165, 1.54) is 85.9 Å². The zero-order chi connectivity index (χ0) is 28.3. The Morgan fingerprint density at radius 3 is 1.58 bits per heavy atom. The van der Waals surface area contributed by atoms with E-state index in [-0.39, 0.29) is 0 Å². The van der Waals surface area contributed by atoms with E-state index in [4.69, 9.17) is 0 Å². The molecule has 9 aromatic rings. The van der Waals surface area contributed by atoms with Crippen LogP contribution in [0.5, 0.6) is 0 Å². The maximum absolute atomic E-state index is 2.31. The number of fused-ring (bicyclic) bond motifs is 6.